The summed E-state index contributed by atoms with van der Waals surface area (Å²) in [7, 11) is 0. The van der Waals surface area contributed by atoms with Crippen molar-refractivity contribution in [3.63, 3.8) is 0 Å². The van der Waals surface area contributed by atoms with Gasteiger partial charge in [0, 0.05) is 38.2 Å². The van der Waals surface area contributed by atoms with Crippen LogP contribution in [0.25, 0.3) is 0 Å². The fourth-order valence-electron chi connectivity index (χ4n) is 3.54. The Hall–Kier alpha value is -3.15. The van der Waals surface area contributed by atoms with E-state index in [1.165, 1.54) is 5.56 Å². The molecule has 1 heterocycles. The lowest BCUT2D eigenvalue weighted by Crippen LogP contribution is -2.42. The smallest absolute Gasteiger partial charge is 0.251 e. The second-order valence-electron chi connectivity index (χ2n) is 7.65. The van der Waals surface area contributed by atoms with Crippen LogP contribution in [0.15, 0.2) is 54.6 Å². The zero-order chi connectivity index (χ0) is 21.3. The molecule has 0 unspecified atom stereocenters. The number of hydrogen-bond acceptors (Lipinski definition) is 3. The molecule has 0 bridgehead atoms. The minimum absolute atomic E-state index is 0.0326. The van der Waals surface area contributed by atoms with Crippen LogP contribution in [0.2, 0.25) is 0 Å². The van der Waals surface area contributed by atoms with Crippen molar-refractivity contribution < 1.29 is 14.4 Å². The van der Waals surface area contributed by atoms with E-state index < -0.39 is 0 Å². The van der Waals surface area contributed by atoms with Crippen LogP contribution in [0.4, 0.5) is 0 Å². The van der Waals surface area contributed by atoms with Crippen molar-refractivity contribution in [2.75, 3.05) is 32.7 Å². The Morgan fingerprint density at radius 1 is 0.833 bits per heavy atom. The summed E-state index contributed by atoms with van der Waals surface area (Å²) in [4.78, 5) is 40.8. The molecule has 30 heavy (non-hydrogen) atoms. The molecule has 1 saturated heterocycles. The quantitative estimate of drug-likeness (QED) is 0.800. The minimum Gasteiger partial charge on any atom is -0.343 e. The van der Waals surface area contributed by atoms with E-state index in [-0.39, 0.29) is 24.3 Å². The molecule has 158 valence electrons. The van der Waals surface area contributed by atoms with E-state index in [1.807, 2.05) is 17.9 Å². The van der Waals surface area contributed by atoms with E-state index in [2.05, 4.69) is 29.6 Å². The zero-order valence-corrected chi connectivity index (χ0v) is 17.5. The van der Waals surface area contributed by atoms with Crippen molar-refractivity contribution in [1.29, 1.82) is 0 Å². The number of carbonyl (C=O) groups excluding carboxylic acids is 3. The molecule has 0 spiro atoms. The second-order valence-corrected chi connectivity index (χ2v) is 7.65. The summed E-state index contributed by atoms with van der Waals surface area (Å²) >= 11 is 0. The van der Waals surface area contributed by atoms with Gasteiger partial charge in [0.25, 0.3) is 5.91 Å². The third-order valence-corrected chi connectivity index (χ3v) is 5.39. The average Bonchev–Trinajstić information content (AvgIpc) is 3.04. The van der Waals surface area contributed by atoms with Gasteiger partial charge in [-0.15, -0.1) is 0 Å². The lowest BCUT2D eigenvalue weighted by molar-refractivity contribution is -0.133. The first-order valence-corrected chi connectivity index (χ1v) is 10.5. The van der Waals surface area contributed by atoms with Gasteiger partial charge in [-0.2, -0.15) is 0 Å². The summed E-state index contributed by atoms with van der Waals surface area (Å²) in [6.07, 6.45) is 1.95. The molecule has 3 amide bonds. The van der Waals surface area contributed by atoms with Gasteiger partial charge < -0.3 is 15.1 Å². The number of nitrogens with zero attached hydrogens (tertiary/aromatic N) is 2. The molecule has 0 radical (unpaired) electrons. The molecule has 0 aromatic heterocycles. The number of hydrogen-bond donors (Lipinski definition) is 1. The monoisotopic (exact) mass is 407 g/mol. The molecule has 3 rings (SSSR count). The largest absolute Gasteiger partial charge is 0.343 e. The lowest BCUT2D eigenvalue weighted by Gasteiger charge is -2.22. The predicted molar refractivity (Wildman–Crippen MR) is 116 cm³/mol. The van der Waals surface area contributed by atoms with Crippen molar-refractivity contribution in [1.82, 2.24) is 15.1 Å². The molecule has 1 N–H and O–H groups in total. The van der Waals surface area contributed by atoms with Gasteiger partial charge in [0.15, 0.2) is 0 Å². The fourth-order valence-corrected chi connectivity index (χ4v) is 3.54. The molecular formula is C24H29N3O3. The highest BCUT2D eigenvalue weighted by atomic mass is 16.2. The van der Waals surface area contributed by atoms with Crippen molar-refractivity contribution in [3.8, 4) is 0 Å². The number of rotatable bonds is 6. The average molecular weight is 408 g/mol. The van der Waals surface area contributed by atoms with E-state index in [9.17, 15) is 14.4 Å². The van der Waals surface area contributed by atoms with Crippen LogP contribution in [-0.4, -0.2) is 60.2 Å². The summed E-state index contributed by atoms with van der Waals surface area (Å²) < 4.78 is 0. The van der Waals surface area contributed by atoms with Crippen LogP contribution in [0.5, 0.6) is 0 Å². The lowest BCUT2D eigenvalue weighted by atomic mass is 10.1. The normalized spacial score (nSPS) is 14.2. The number of amides is 3. The van der Waals surface area contributed by atoms with Crippen LogP contribution in [0.1, 0.15) is 34.3 Å². The predicted octanol–water partition coefficient (Wildman–Crippen LogP) is 2.42. The molecule has 2 aromatic rings. The first-order valence-electron chi connectivity index (χ1n) is 10.5. The highest BCUT2D eigenvalue weighted by Crippen LogP contribution is 2.10. The summed E-state index contributed by atoms with van der Waals surface area (Å²) in [5.41, 5.74) is 2.91. The van der Waals surface area contributed by atoms with Gasteiger partial charge in [-0.05, 0) is 37.5 Å². The molecule has 6 heteroatoms. The Bertz CT molecular complexity index is 865. The van der Waals surface area contributed by atoms with Crippen LogP contribution in [-0.2, 0) is 16.0 Å². The number of nitrogens with one attached hydrogen (secondary N) is 1. The Morgan fingerprint density at radius 2 is 1.47 bits per heavy atom. The van der Waals surface area contributed by atoms with Crippen molar-refractivity contribution in [2.24, 2.45) is 0 Å². The van der Waals surface area contributed by atoms with E-state index >= 15 is 0 Å². The van der Waals surface area contributed by atoms with Crippen molar-refractivity contribution in [2.45, 2.75) is 26.2 Å². The van der Waals surface area contributed by atoms with E-state index in [4.69, 9.17) is 0 Å². The molecule has 1 aliphatic rings. The fraction of sp³-hybridized carbons (Fsp3) is 0.375. The maximum absolute atomic E-state index is 12.6. The van der Waals surface area contributed by atoms with Crippen LogP contribution in [0.3, 0.4) is 0 Å². The summed E-state index contributed by atoms with van der Waals surface area (Å²) in [5.74, 6) is -0.248. The van der Waals surface area contributed by atoms with Gasteiger partial charge in [-0.1, -0.05) is 48.0 Å². The second kappa shape index (κ2) is 10.6. The van der Waals surface area contributed by atoms with Crippen LogP contribution < -0.4 is 5.32 Å². The van der Waals surface area contributed by atoms with Crippen molar-refractivity contribution in [3.05, 3.63) is 71.3 Å². The molecular weight excluding hydrogens is 378 g/mol. The summed E-state index contributed by atoms with van der Waals surface area (Å²) in [5, 5.41) is 2.68. The highest BCUT2D eigenvalue weighted by molar-refractivity contribution is 5.96. The molecule has 6 nitrogen and oxygen atoms in total. The molecule has 1 aliphatic heterocycles. The minimum atomic E-state index is -0.258. The van der Waals surface area contributed by atoms with Gasteiger partial charge in [-0.3, -0.25) is 14.4 Å². The molecule has 2 aromatic carbocycles. The van der Waals surface area contributed by atoms with E-state index in [0.29, 0.717) is 38.2 Å². The number of carbonyl (C=O) groups is 3. The highest BCUT2D eigenvalue weighted by Gasteiger charge is 2.22. The van der Waals surface area contributed by atoms with Gasteiger partial charge >= 0.3 is 0 Å². The first-order chi connectivity index (χ1) is 14.5. The molecule has 0 aliphatic carbocycles. The molecule has 1 fully saturated rings. The molecule has 0 atom stereocenters. The van der Waals surface area contributed by atoms with Gasteiger partial charge in [-0.25, -0.2) is 0 Å². The Kier molecular flexibility index (Phi) is 7.60. The van der Waals surface area contributed by atoms with Gasteiger partial charge in [0.1, 0.15) is 0 Å². The van der Waals surface area contributed by atoms with E-state index in [1.54, 1.807) is 29.2 Å². The zero-order valence-electron chi connectivity index (χ0n) is 17.5. The van der Waals surface area contributed by atoms with Crippen LogP contribution >= 0.6 is 0 Å². The summed E-state index contributed by atoms with van der Waals surface area (Å²) in [6.45, 7) is 4.30. The Labute approximate surface area is 177 Å². The standard InChI is InChI=1S/C24H29N3O3/c1-19-8-10-20(11-9-19)12-13-22(28)26-14-5-15-27(17-16-26)23(29)18-25-24(30)21-6-3-2-4-7-21/h2-4,6-11H,5,12-18H2,1H3,(H,25,30). The maximum Gasteiger partial charge on any atom is 0.251 e. The van der Waals surface area contributed by atoms with E-state index in [0.717, 1.165) is 18.4 Å². The third kappa shape index (κ3) is 6.17. The summed E-state index contributed by atoms with van der Waals surface area (Å²) in [6, 6.07) is 17.1. The SMILES string of the molecule is Cc1ccc(CCC(=O)N2CCCN(C(=O)CNC(=O)c3ccccc3)CC2)cc1. The van der Waals surface area contributed by atoms with Gasteiger partial charge in [0.2, 0.25) is 11.8 Å². The number of benzene rings is 2. The first kappa shape index (κ1) is 21.6. The van der Waals surface area contributed by atoms with Crippen molar-refractivity contribution >= 4 is 17.7 Å². The Morgan fingerprint density at radius 3 is 2.13 bits per heavy atom. The Balaban J connectivity index is 1.43. The van der Waals surface area contributed by atoms with Crippen LogP contribution in [0, 0.1) is 6.92 Å². The van der Waals surface area contributed by atoms with Gasteiger partial charge in [0.05, 0.1) is 6.54 Å². The number of aryl methyl sites for hydroxylation is 2. The third-order valence-electron chi connectivity index (χ3n) is 5.39. The topological polar surface area (TPSA) is 69.7 Å². The maximum atomic E-state index is 12.6. The molecule has 0 saturated carbocycles.